The lowest BCUT2D eigenvalue weighted by molar-refractivity contribution is -0.0715. The molecule has 1 aliphatic rings. The summed E-state index contributed by atoms with van der Waals surface area (Å²) in [5, 5.41) is 0. The quantitative estimate of drug-likeness (QED) is 0.713. The topological polar surface area (TPSA) is 61.3 Å². The molecule has 2 N–H and O–H groups in total. The SMILES string of the molecule is CCC1(c2cnc(N)o2)COC1. The Balaban J connectivity index is 2.27. The minimum atomic E-state index is 0.0463. The van der Waals surface area contributed by atoms with Crippen molar-refractivity contribution in [2.45, 2.75) is 18.8 Å². The van der Waals surface area contributed by atoms with Crippen molar-refractivity contribution < 1.29 is 9.15 Å². The summed E-state index contributed by atoms with van der Waals surface area (Å²) in [5.41, 5.74) is 5.44. The van der Waals surface area contributed by atoms with Crippen molar-refractivity contribution in [1.82, 2.24) is 4.98 Å². The van der Waals surface area contributed by atoms with E-state index >= 15 is 0 Å². The Morgan fingerprint density at radius 1 is 1.67 bits per heavy atom. The van der Waals surface area contributed by atoms with Crippen LogP contribution >= 0.6 is 0 Å². The summed E-state index contributed by atoms with van der Waals surface area (Å²) in [6.07, 6.45) is 2.70. The van der Waals surface area contributed by atoms with Gasteiger partial charge in [0.05, 0.1) is 24.8 Å². The number of nitrogen functional groups attached to an aromatic ring is 1. The average Bonchev–Trinajstić information content (AvgIpc) is 2.35. The van der Waals surface area contributed by atoms with Gasteiger partial charge >= 0.3 is 0 Å². The molecule has 0 radical (unpaired) electrons. The molecule has 0 aliphatic carbocycles. The smallest absolute Gasteiger partial charge is 0.292 e. The van der Waals surface area contributed by atoms with Gasteiger partial charge in [0.25, 0.3) is 6.01 Å². The predicted octanol–water partition coefficient (Wildman–Crippen LogP) is 0.935. The van der Waals surface area contributed by atoms with Crippen LogP contribution in [0.1, 0.15) is 19.1 Å². The van der Waals surface area contributed by atoms with Crippen LogP contribution in [-0.4, -0.2) is 18.2 Å². The van der Waals surface area contributed by atoms with Crippen molar-refractivity contribution in [2.24, 2.45) is 0 Å². The van der Waals surface area contributed by atoms with Gasteiger partial charge < -0.3 is 14.9 Å². The Morgan fingerprint density at radius 3 is 2.75 bits per heavy atom. The Morgan fingerprint density at radius 2 is 2.42 bits per heavy atom. The van der Waals surface area contributed by atoms with Crippen molar-refractivity contribution in [1.29, 1.82) is 0 Å². The lowest BCUT2D eigenvalue weighted by atomic mass is 9.81. The highest BCUT2D eigenvalue weighted by Crippen LogP contribution is 2.35. The molecule has 1 aromatic heterocycles. The highest BCUT2D eigenvalue weighted by atomic mass is 16.5. The van der Waals surface area contributed by atoms with Crippen LogP contribution in [0, 0.1) is 0 Å². The van der Waals surface area contributed by atoms with Crippen LogP contribution in [0.2, 0.25) is 0 Å². The first-order valence-electron chi connectivity index (χ1n) is 4.06. The largest absolute Gasteiger partial charge is 0.428 e. The molecule has 1 aliphatic heterocycles. The van der Waals surface area contributed by atoms with Crippen LogP contribution in [0.15, 0.2) is 10.6 Å². The molecule has 0 unspecified atom stereocenters. The van der Waals surface area contributed by atoms with Gasteiger partial charge in [-0.05, 0) is 6.42 Å². The first-order chi connectivity index (χ1) is 5.77. The van der Waals surface area contributed by atoms with Gasteiger partial charge in [0.1, 0.15) is 5.76 Å². The summed E-state index contributed by atoms with van der Waals surface area (Å²) < 4.78 is 10.4. The van der Waals surface area contributed by atoms with E-state index in [1.807, 2.05) is 0 Å². The zero-order chi connectivity index (χ0) is 8.60. The molecule has 0 amide bonds. The third-order valence-corrected chi connectivity index (χ3v) is 2.48. The molecule has 0 aromatic carbocycles. The second-order valence-corrected chi connectivity index (χ2v) is 3.19. The summed E-state index contributed by atoms with van der Waals surface area (Å²) in [4.78, 5) is 3.87. The molecule has 4 heteroatoms. The molecule has 4 nitrogen and oxygen atoms in total. The second-order valence-electron chi connectivity index (χ2n) is 3.19. The van der Waals surface area contributed by atoms with Crippen LogP contribution in [0.5, 0.6) is 0 Å². The number of aromatic nitrogens is 1. The number of rotatable bonds is 2. The molecule has 1 aromatic rings. The predicted molar refractivity (Wildman–Crippen MR) is 43.7 cm³/mol. The second kappa shape index (κ2) is 2.48. The fourth-order valence-electron chi connectivity index (χ4n) is 1.40. The highest BCUT2D eigenvalue weighted by Gasteiger charge is 2.41. The Labute approximate surface area is 70.7 Å². The number of nitrogens with two attached hydrogens (primary N) is 1. The number of hydrogen-bond donors (Lipinski definition) is 1. The lowest BCUT2D eigenvalue weighted by Gasteiger charge is -2.38. The molecule has 1 fully saturated rings. The fourth-order valence-corrected chi connectivity index (χ4v) is 1.40. The van der Waals surface area contributed by atoms with Crippen molar-refractivity contribution in [3.05, 3.63) is 12.0 Å². The average molecular weight is 168 g/mol. The molecular weight excluding hydrogens is 156 g/mol. The van der Waals surface area contributed by atoms with Gasteiger partial charge in [-0.25, -0.2) is 4.98 Å². The summed E-state index contributed by atoms with van der Waals surface area (Å²) in [7, 11) is 0. The Bertz CT molecular complexity index is 273. The maximum absolute atomic E-state index is 5.39. The van der Waals surface area contributed by atoms with E-state index < -0.39 is 0 Å². The number of oxazole rings is 1. The molecule has 2 rings (SSSR count). The molecule has 0 spiro atoms. The summed E-state index contributed by atoms with van der Waals surface area (Å²) >= 11 is 0. The zero-order valence-corrected chi connectivity index (χ0v) is 7.04. The number of hydrogen-bond acceptors (Lipinski definition) is 4. The maximum atomic E-state index is 5.39. The molecule has 0 bridgehead atoms. The van der Waals surface area contributed by atoms with E-state index in [1.165, 1.54) is 0 Å². The zero-order valence-electron chi connectivity index (χ0n) is 7.04. The van der Waals surface area contributed by atoms with Gasteiger partial charge in [-0.15, -0.1) is 0 Å². The van der Waals surface area contributed by atoms with E-state index in [-0.39, 0.29) is 11.4 Å². The summed E-state index contributed by atoms with van der Waals surface area (Å²) in [6, 6.07) is 0.240. The normalized spacial score (nSPS) is 20.4. The lowest BCUT2D eigenvalue weighted by Crippen LogP contribution is -2.45. The third-order valence-electron chi connectivity index (χ3n) is 2.48. The van der Waals surface area contributed by atoms with E-state index in [2.05, 4.69) is 11.9 Å². The van der Waals surface area contributed by atoms with Gasteiger partial charge in [0.15, 0.2) is 0 Å². The van der Waals surface area contributed by atoms with Crippen LogP contribution in [0.4, 0.5) is 6.01 Å². The summed E-state index contributed by atoms with van der Waals surface area (Å²) in [5.74, 6) is 0.855. The number of nitrogens with zero attached hydrogens (tertiary/aromatic N) is 1. The standard InChI is InChI=1S/C8H12N2O2/c1-2-8(4-11-5-8)6-3-10-7(9)12-6/h3H,2,4-5H2,1H3,(H2,9,10). The number of ether oxygens (including phenoxy) is 1. The minimum Gasteiger partial charge on any atom is -0.428 e. The van der Waals surface area contributed by atoms with Crippen molar-refractivity contribution >= 4 is 6.01 Å². The molecule has 0 atom stereocenters. The first kappa shape index (κ1) is 7.61. The van der Waals surface area contributed by atoms with Gasteiger partial charge in [0, 0.05) is 0 Å². The summed E-state index contributed by atoms with van der Waals surface area (Å²) in [6.45, 7) is 3.55. The van der Waals surface area contributed by atoms with Crippen LogP contribution in [0.25, 0.3) is 0 Å². The van der Waals surface area contributed by atoms with Gasteiger partial charge in [0.2, 0.25) is 0 Å². The third kappa shape index (κ3) is 0.914. The van der Waals surface area contributed by atoms with E-state index in [0.29, 0.717) is 0 Å². The van der Waals surface area contributed by atoms with Gasteiger partial charge in [-0.1, -0.05) is 6.92 Å². The molecule has 2 heterocycles. The minimum absolute atomic E-state index is 0.0463. The van der Waals surface area contributed by atoms with E-state index in [9.17, 15) is 0 Å². The molecule has 12 heavy (non-hydrogen) atoms. The van der Waals surface area contributed by atoms with E-state index in [1.54, 1.807) is 6.20 Å². The highest BCUT2D eigenvalue weighted by molar-refractivity contribution is 5.20. The molecule has 1 saturated heterocycles. The molecule has 0 saturated carbocycles. The van der Waals surface area contributed by atoms with E-state index in [0.717, 1.165) is 25.4 Å². The Kier molecular flexibility index (Phi) is 1.58. The Hall–Kier alpha value is -1.03. The van der Waals surface area contributed by atoms with Crippen LogP contribution < -0.4 is 5.73 Å². The maximum Gasteiger partial charge on any atom is 0.292 e. The molecular formula is C8H12N2O2. The monoisotopic (exact) mass is 168 g/mol. The molecule has 66 valence electrons. The van der Waals surface area contributed by atoms with Gasteiger partial charge in [-0.2, -0.15) is 0 Å². The first-order valence-corrected chi connectivity index (χ1v) is 4.06. The van der Waals surface area contributed by atoms with Crippen molar-refractivity contribution in [3.8, 4) is 0 Å². The van der Waals surface area contributed by atoms with Gasteiger partial charge in [-0.3, -0.25) is 0 Å². The van der Waals surface area contributed by atoms with Crippen LogP contribution in [0.3, 0.4) is 0 Å². The number of anilines is 1. The van der Waals surface area contributed by atoms with Crippen molar-refractivity contribution in [3.63, 3.8) is 0 Å². The fraction of sp³-hybridized carbons (Fsp3) is 0.625. The van der Waals surface area contributed by atoms with E-state index in [4.69, 9.17) is 14.9 Å². The van der Waals surface area contributed by atoms with Crippen LogP contribution in [-0.2, 0) is 10.2 Å². The van der Waals surface area contributed by atoms with Crippen molar-refractivity contribution in [2.75, 3.05) is 18.9 Å².